The fraction of sp³-hybridized carbons (Fsp3) is 0.471. The predicted octanol–water partition coefficient (Wildman–Crippen LogP) is 4.21. The minimum atomic E-state index is 0.0936. The first kappa shape index (κ1) is 16.1. The summed E-state index contributed by atoms with van der Waals surface area (Å²) >= 11 is 6.42. The predicted molar refractivity (Wildman–Crippen MR) is 88.9 cm³/mol. The highest BCUT2D eigenvalue weighted by Gasteiger charge is 2.22. The van der Waals surface area contributed by atoms with Gasteiger partial charge >= 0.3 is 0 Å². The van der Waals surface area contributed by atoms with Gasteiger partial charge < -0.3 is 5.32 Å². The second-order valence-electron chi connectivity index (χ2n) is 5.13. The number of benzene rings is 1. The lowest BCUT2D eigenvalue weighted by atomic mass is 9.96. The lowest BCUT2D eigenvalue weighted by Crippen LogP contribution is -2.27. The zero-order chi connectivity index (χ0) is 15.2. The highest BCUT2D eigenvalue weighted by atomic mass is 35.5. The van der Waals surface area contributed by atoms with Crippen molar-refractivity contribution in [3.63, 3.8) is 0 Å². The molecule has 0 bridgehead atoms. The second kappa shape index (κ2) is 7.62. The van der Waals surface area contributed by atoms with E-state index in [0.29, 0.717) is 0 Å². The quantitative estimate of drug-likeness (QED) is 0.830. The molecule has 4 heteroatoms. The van der Waals surface area contributed by atoms with Crippen molar-refractivity contribution < 1.29 is 0 Å². The maximum absolute atomic E-state index is 6.42. The first-order valence-corrected chi connectivity index (χ1v) is 8.13. The maximum Gasteiger partial charge on any atom is 0.0837 e. The summed E-state index contributed by atoms with van der Waals surface area (Å²) in [6.45, 7) is 8.23. The van der Waals surface area contributed by atoms with Crippen LogP contribution in [0.3, 0.4) is 0 Å². The number of nitrogens with zero attached hydrogens (tertiary/aromatic N) is 2. The van der Waals surface area contributed by atoms with E-state index < -0.39 is 0 Å². The lowest BCUT2D eigenvalue weighted by molar-refractivity contribution is 0.527. The Morgan fingerprint density at radius 1 is 1.24 bits per heavy atom. The summed E-state index contributed by atoms with van der Waals surface area (Å²) in [4.78, 5) is 0. The van der Waals surface area contributed by atoms with Gasteiger partial charge in [0.2, 0.25) is 0 Å². The van der Waals surface area contributed by atoms with E-state index >= 15 is 0 Å². The number of nitrogens with one attached hydrogen (secondary N) is 1. The van der Waals surface area contributed by atoms with Crippen LogP contribution in [0.2, 0.25) is 5.02 Å². The highest BCUT2D eigenvalue weighted by molar-refractivity contribution is 6.31. The van der Waals surface area contributed by atoms with Gasteiger partial charge in [-0.2, -0.15) is 5.10 Å². The molecule has 0 spiro atoms. The largest absolute Gasteiger partial charge is 0.305 e. The Hall–Kier alpha value is -1.32. The summed E-state index contributed by atoms with van der Waals surface area (Å²) in [5, 5.41) is 8.75. The molecule has 1 N–H and O–H groups in total. The van der Waals surface area contributed by atoms with Crippen LogP contribution in [-0.4, -0.2) is 16.3 Å². The van der Waals surface area contributed by atoms with Gasteiger partial charge in [0, 0.05) is 6.54 Å². The third-order valence-electron chi connectivity index (χ3n) is 3.75. The van der Waals surface area contributed by atoms with E-state index in [1.165, 1.54) is 11.1 Å². The molecule has 1 atom stereocenters. The lowest BCUT2D eigenvalue weighted by Gasteiger charge is -2.23. The minimum absolute atomic E-state index is 0.0936. The fourth-order valence-corrected chi connectivity index (χ4v) is 2.94. The molecule has 0 amide bonds. The monoisotopic (exact) mass is 305 g/mol. The maximum atomic E-state index is 6.42. The molecule has 0 aliphatic carbocycles. The van der Waals surface area contributed by atoms with Crippen LogP contribution >= 0.6 is 11.6 Å². The number of aryl methyl sites for hydroxylation is 2. The van der Waals surface area contributed by atoms with E-state index in [-0.39, 0.29) is 6.04 Å². The Morgan fingerprint density at radius 2 is 2.00 bits per heavy atom. The number of rotatable bonds is 7. The number of aromatic nitrogens is 2. The molecule has 1 aromatic heterocycles. The van der Waals surface area contributed by atoms with Crippen LogP contribution < -0.4 is 5.32 Å². The summed E-state index contributed by atoms with van der Waals surface area (Å²) in [6, 6.07) is 8.66. The van der Waals surface area contributed by atoms with Crippen molar-refractivity contribution in [3.05, 3.63) is 52.3 Å². The number of hydrogen-bond donors (Lipinski definition) is 1. The highest BCUT2D eigenvalue weighted by Crippen LogP contribution is 2.30. The van der Waals surface area contributed by atoms with Gasteiger partial charge in [-0.1, -0.05) is 49.7 Å². The van der Waals surface area contributed by atoms with Gasteiger partial charge in [0.15, 0.2) is 0 Å². The van der Waals surface area contributed by atoms with E-state index in [1.807, 2.05) is 4.68 Å². The zero-order valence-electron chi connectivity index (χ0n) is 13.1. The molecule has 3 nitrogen and oxygen atoms in total. The van der Waals surface area contributed by atoms with Crippen LogP contribution in [0.4, 0.5) is 0 Å². The molecule has 0 aliphatic rings. The molecule has 0 saturated heterocycles. The molecule has 21 heavy (non-hydrogen) atoms. The molecular weight excluding hydrogens is 282 g/mol. The summed E-state index contributed by atoms with van der Waals surface area (Å²) in [6.07, 6.45) is 3.84. The standard InChI is InChI=1S/C17H24ClN3/c1-4-11-19-16(14-10-8-7-9-13(14)5-2)17-15(18)12-20-21(17)6-3/h7-10,12,16,19H,4-6,11H2,1-3H3. The molecule has 1 aromatic carbocycles. The Kier molecular flexibility index (Phi) is 5.83. The smallest absolute Gasteiger partial charge is 0.0837 e. The van der Waals surface area contributed by atoms with Crippen molar-refractivity contribution in [2.24, 2.45) is 0 Å². The van der Waals surface area contributed by atoms with Crippen molar-refractivity contribution in [3.8, 4) is 0 Å². The average molecular weight is 306 g/mol. The van der Waals surface area contributed by atoms with Crippen molar-refractivity contribution >= 4 is 11.6 Å². The van der Waals surface area contributed by atoms with Gasteiger partial charge in [-0.15, -0.1) is 0 Å². The van der Waals surface area contributed by atoms with Crippen molar-refractivity contribution in [1.82, 2.24) is 15.1 Å². The second-order valence-corrected chi connectivity index (χ2v) is 5.54. The Bertz CT molecular complexity index is 577. The van der Waals surface area contributed by atoms with E-state index in [0.717, 1.165) is 36.6 Å². The summed E-state index contributed by atoms with van der Waals surface area (Å²) in [7, 11) is 0. The Labute approximate surface area is 132 Å². The summed E-state index contributed by atoms with van der Waals surface area (Å²) in [5.41, 5.74) is 3.71. The molecular formula is C17H24ClN3. The van der Waals surface area contributed by atoms with Crippen LogP contribution in [0.1, 0.15) is 50.1 Å². The first-order valence-electron chi connectivity index (χ1n) is 7.75. The summed E-state index contributed by atoms with van der Waals surface area (Å²) < 4.78 is 1.99. The van der Waals surface area contributed by atoms with Crippen LogP contribution in [0.5, 0.6) is 0 Å². The molecule has 0 saturated carbocycles. The molecule has 114 valence electrons. The van der Waals surface area contributed by atoms with Gasteiger partial charge in [0.05, 0.1) is 23.0 Å². The van der Waals surface area contributed by atoms with Gasteiger partial charge in [0.25, 0.3) is 0 Å². The van der Waals surface area contributed by atoms with Crippen LogP contribution in [0.15, 0.2) is 30.5 Å². The number of halogens is 1. The van der Waals surface area contributed by atoms with Crippen LogP contribution in [0, 0.1) is 0 Å². The van der Waals surface area contributed by atoms with Crippen LogP contribution in [-0.2, 0) is 13.0 Å². The summed E-state index contributed by atoms with van der Waals surface area (Å²) in [5.74, 6) is 0. The van der Waals surface area contributed by atoms with Gasteiger partial charge in [0.1, 0.15) is 0 Å². The fourth-order valence-electron chi connectivity index (χ4n) is 2.69. The Balaban J connectivity index is 2.50. The first-order chi connectivity index (χ1) is 10.2. The third kappa shape index (κ3) is 3.47. The van der Waals surface area contributed by atoms with Crippen molar-refractivity contribution in [1.29, 1.82) is 0 Å². The van der Waals surface area contributed by atoms with Gasteiger partial charge in [-0.3, -0.25) is 4.68 Å². The SMILES string of the molecule is CCCNC(c1ccccc1CC)c1c(Cl)cnn1CC. The molecule has 2 aromatic rings. The molecule has 0 fully saturated rings. The topological polar surface area (TPSA) is 29.9 Å². The van der Waals surface area contributed by atoms with Gasteiger partial charge in [-0.05, 0) is 37.4 Å². The molecule has 1 heterocycles. The molecule has 0 aliphatic heterocycles. The van der Waals surface area contributed by atoms with E-state index in [4.69, 9.17) is 11.6 Å². The van der Waals surface area contributed by atoms with Crippen molar-refractivity contribution in [2.45, 2.75) is 46.2 Å². The van der Waals surface area contributed by atoms with Gasteiger partial charge in [-0.25, -0.2) is 0 Å². The third-order valence-corrected chi connectivity index (χ3v) is 4.04. The molecule has 0 radical (unpaired) electrons. The molecule has 2 rings (SSSR count). The zero-order valence-corrected chi connectivity index (χ0v) is 13.8. The van der Waals surface area contributed by atoms with Crippen LogP contribution in [0.25, 0.3) is 0 Å². The normalized spacial score (nSPS) is 12.6. The van der Waals surface area contributed by atoms with E-state index in [2.05, 4.69) is 55.5 Å². The van der Waals surface area contributed by atoms with E-state index in [1.54, 1.807) is 6.20 Å². The molecule has 1 unspecified atom stereocenters. The average Bonchev–Trinajstić information content (AvgIpc) is 2.89. The van der Waals surface area contributed by atoms with E-state index in [9.17, 15) is 0 Å². The minimum Gasteiger partial charge on any atom is -0.305 e. The number of hydrogen-bond acceptors (Lipinski definition) is 2. The van der Waals surface area contributed by atoms with Crippen molar-refractivity contribution in [2.75, 3.05) is 6.54 Å². The Morgan fingerprint density at radius 3 is 2.67 bits per heavy atom.